The van der Waals surface area contributed by atoms with Crippen molar-refractivity contribution in [1.82, 2.24) is 10.2 Å². The predicted octanol–water partition coefficient (Wildman–Crippen LogP) is 1.45. The Balaban J connectivity index is 2.73. The molecule has 0 aliphatic carbocycles. The van der Waals surface area contributed by atoms with E-state index >= 15 is 0 Å². The average Bonchev–Trinajstić information content (AvgIpc) is 2.44. The Morgan fingerprint density at radius 1 is 1.30 bits per heavy atom. The zero-order valence-corrected chi connectivity index (χ0v) is 12.7. The fourth-order valence-corrected chi connectivity index (χ4v) is 1.81. The molecular weight excluding hydrogens is 256 g/mol. The summed E-state index contributed by atoms with van der Waals surface area (Å²) in [7, 11) is 5.38. The number of esters is 1. The van der Waals surface area contributed by atoms with E-state index in [1.165, 1.54) is 7.11 Å². The van der Waals surface area contributed by atoms with Crippen molar-refractivity contribution in [1.29, 1.82) is 0 Å². The van der Waals surface area contributed by atoms with E-state index < -0.39 is 6.04 Å². The highest BCUT2D eigenvalue weighted by molar-refractivity contribution is 5.77. The van der Waals surface area contributed by atoms with Gasteiger partial charge in [-0.25, -0.2) is 4.79 Å². The summed E-state index contributed by atoms with van der Waals surface area (Å²) in [6.45, 7) is 4.12. The number of hydrogen-bond donors (Lipinski definition) is 1. The summed E-state index contributed by atoms with van der Waals surface area (Å²) in [5.41, 5.74) is 0.874. The van der Waals surface area contributed by atoms with Gasteiger partial charge in [0.15, 0.2) is 0 Å². The molecule has 1 atom stereocenters. The van der Waals surface area contributed by atoms with Gasteiger partial charge in [-0.05, 0) is 38.7 Å². The van der Waals surface area contributed by atoms with Gasteiger partial charge in [0.2, 0.25) is 0 Å². The van der Waals surface area contributed by atoms with Crippen LogP contribution in [-0.2, 0) is 9.53 Å². The zero-order valence-electron chi connectivity index (χ0n) is 12.7. The molecule has 1 unspecified atom stereocenters. The van der Waals surface area contributed by atoms with Crippen molar-refractivity contribution in [3.8, 4) is 5.75 Å². The summed E-state index contributed by atoms with van der Waals surface area (Å²) in [6, 6.07) is 7.05. The van der Waals surface area contributed by atoms with Crippen LogP contribution in [0.25, 0.3) is 0 Å². The Morgan fingerprint density at radius 2 is 1.95 bits per heavy atom. The molecule has 1 aromatic rings. The number of benzene rings is 1. The second kappa shape index (κ2) is 8.55. The molecule has 1 aromatic carbocycles. The van der Waals surface area contributed by atoms with Gasteiger partial charge in [0.1, 0.15) is 11.8 Å². The number of carbonyl (C=O) groups excluding carboxylic acids is 1. The molecule has 0 bridgehead atoms. The molecular formula is C15H24N2O3. The van der Waals surface area contributed by atoms with E-state index in [2.05, 4.69) is 10.2 Å². The highest BCUT2D eigenvalue weighted by Crippen LogP contribution is 2.19. The Bertz CT molecular complexity index is 404. The first-order valence-electron chi connectivity index (χ1n) is 6.77. The van der Waals surface area contributed by atoms with Gasteiger partial charge in [0, 0.05) is 13.1 Å². The van der Waals surface area contributed by atoms with Crippen molar-refractivity contribution in [3.63, 3.8) is 0 Å². The Kier molecular flexibility index (Phi) is 7.04. The first-order valence-corrected chi connectivity index (χ1v) is 6.77. The number of carbonyl (C=O) groups is 1. The van der Waals surface area contributed by atoms with Crippen LogP contribution in [0.1, 0.15) is 18.5 Å². The normalized spacial score (nSPS) is 12.2. The number of likely N-dealkylation sites (N-methyl/N-ethyl adjacent to an activating group) is 1. The molecule has 0 aliphatic rings. The van der Waals surface area contributed by atoms with Crippen LogP contribution in [0.15, 0.2) is 24.3 Å². The highest BCUT2D eigenvalue weighted by Gasteiger charge is 2.20. The van der Waals surface area contributed by atoms with E-state index in [4.69, 9.17) is 9.47 Å². The van der Waals surface area contributed by atoms with Gasteiger partial charge in [0.25, 0.3) is 0 Å². The third kappa shape index (κ3) is 5.19. The molecule has 0 saturated heterocycles. The summed E-state index contributed by atoms with van der Waals surface area (Å²) in [5, 5.41) is 3.21. The molecule has 0 radical (unpaired) electrons. The van der Waals surface area contributed by atoms with E-state index in [0.29, 0.717) is 13.2 Å². The fourth-order valence-electron chi connectivity index (χ4n) is 1.81. The van der Waals surface area contributed by atoms with Crippen molar-refractivity contribution in [2.75, 3.05) is 40.9 Å². The standard InChI is InChI=1S/C15H24N2O3/c1-5-20-13-8-6-12(7-9-13)14(15(18)19-4)16-10-11-17(2)3/h6-9,14,16H,5,10-11H2,1-4H3. The van der Waals surface area contributed by atoms with Crippen LogP contribution >= 0.6 is 0 Å². The maximum Gasteiger partial charge on any atom is 0.327 e. The summed E-state index contributed by atoms with van der Waals surface area (Å²) < 4.78 is 10.3. The van der Waals surface area contributed by atoms with Gasteiger partial charge in [-0.2, -0.15) is 0 Å². The largest absolute Gasteiger partial charge is 0.494 e. The molecule has 0 fully saturated rings. The van der Waals surface area contributed by atoms with E-state index in [1.807, 2.05) is 45.3 Å². The molecule has 0 spiro atoms. The number of ether oxygens (including phenoxy) is 2. The first kappa shape index (κ1) is 16.5. The van der Waals surface area contributed by atoms with Crippen molar-refractivity contribution in [3.05, 3.63) is 29.8 Å². The zero-order chi connectivity index (χ0) is 15.0. The van der Waals surface area contributed by atoms with E-state index in [9.17, 15) is 4.79 Å². The molecule has 1 rings (SSSR count). The topological polar surface area (TPSA) is 50.8 Å². The SMILES string of the molecule is CCOc1ccc(C(NCCN(C)C)C(=O)OC)cc1. The lowest BCUT2D eigenvalue weighted by Gasteiger charge is -2.18. The quantitative estimate of drug-likeness (QED) is 0.730. The molecule has 0 aliphatic heterocycles. The number of nitrogens with one attached hydrogen (secondary N) is 1. The molecule has 1 N–H and O–H groups in total. The van der Waals surface area contributed by atoms with Crippen LogP contribution in [0.4, 0.5) is 0 Å². The second-order valence-electron chi connectivity index (χ2n) is 4.72. The molecule has 0 amide bonds. The predicted molar refractivity (Wildman–Crippen MR) is 78.9 cm³/mol. The third-order valence-electron chi connectivity index (χ3n) is 2.87. The second-order valence-corrected chi connectivity index (χ2v) is 4.72. The van der Waals surface area contributed by atoms with Gasteiger partial charge >= 0.3 is 5.97 Å². The average molecular weight is 280 g/mol. The van der Waals surface area contributed by atoms with Gasteiger partial charge < -0.3 is 14.4 Å². The summed E-state index contributed by atoms with van der Waals surface area (Å²) in [5.74, 6) is 0.515. The summed E-state index contributed by atoms with van der Waals surface area (Å²) in [6.07, 6.45) is 0. The third-order valence-corrected chi connectivity index (χ3v) is 2.87. The number of nitrogens with zero attached hydrogens (tertiary/aromatic N) is 1. The highest BCUT2D eigenvalue weighted by atomic mass is 16.5. The van der Waals surface area contributed by atoms with E-state index in [-0.39, 0.29) is 5.97 Å². The molecule has 0 aromatic heterocycles. The Morgan fingerprint density at radius 3 is 2.45 bits per heavy atom. The Labute approximate surface area is 120 Å². The monoisotopic (exact) mass is 280 g/mol. The molecule has 5 heteroatoms. The van der Waals surface area contributed by atoms with Crippen LogP contribution in [0.2, 0.25) is 0 Å². The summed E-state index contributed by atoms with van der Waals surface area (Å²) in [4.78, 5) is 13.9. The van der Waals surface area contributed by atoms with Crippen LogP contribution in [0.3, 0.4) is 0 Å². The Hall–Kier alpha value is -1.59. The van der Waals surface area contributed by atoms with Gasteiger partial charge in [-0.1, -0.05) is 12.1 Å². The van der Waals surface area contributed by atoms with Crippen molar-refractivity contribution >= 4 is 5.97 Å². The van der Waals surface area contributed by atoms with E-state index in [0.717, 1.165) is 17.9 Å². The van der Waals surface area contributed by atoms with Crippen LogP contribution in [0, 0.1) is 0 Å². The maximum absolute atomic E-state index is 11.9. The number of hydrogen-bond acceptors (Lipinski definition) is 5. The van der Waals surface area contributed by atoms with Crippen LogP contribution < -0.4 is 10.1 Å². The minimum atomic E-state index is -0.448. The molecule has 0 saturated carbocycles. The first-order chi connectivity index (χ1) is 9.58. The van der Waals surface area contributed by atoms with Gasteiger partial charge in [-0.15, -0.1) is 0 Å². The lowest BCUT2D eigenvalue weighted by atomic mass is 10.1. The lowest BCUT2D eigenvalue weighted by molar-refractivity contribution is -0.143. The van der Waals surface area contributed by atoms with Gasteiger partial charge in [-0.3, -0.25) is 5.32 Å². The smallest absolute Gasteiger partial charge is 0.327 e. The molecule has 112 valence electrons. The minimum absolute atomic E-state index is 0.284. The molecule has 5 nitrogen and oxygen atoms in total. The minimum Gasteiger partial charge on any atom is -0.494 e. The lowest BCUT2D eigenvalue weighted by Crippen LogP contribution is -2.34. The van der Waals surface area contributed by atoms with Crippen molar-refractivity contribution in [2.45, 2.75) is 13.0 Å². The van der Waals surface area contributed by atoms with Crippen LogP contribution in [-0.4, -0.2) is 51.8 Å². The van der Waals surface area contributed by atoms with Crippen molar-refractivity contribution < 1.29 is 14.3 Å². The summed E-state index contributed by atoms with van der Waals surface area (Å²) >= 11 is 0. The fraction of sp³-hybridized carbons (Fsp3) is 0.533. The number of rotatable bonds is 8. The maximum atomic E-state index is 11.9. The van der Waals surface area contributed by atoms with Crippen LogP contribution in [0.5, 0.6) is 5.75 Å². The number of methoxy groups -OCH3 is 1. The van der Waals surface area contributed by atoms with E-state index in [1.54, 1.807) is 0 Å². The molecule has 0 heterocycles. The van der Waals surface area contributed by atoms with Crippen molar-refractivity contribution in [2.24, 2.45) is 0 Å². The molecule has 20 heavy (non-hydrogen) atoms. The van der Waals surface area contributed by atoms with Gasteiger partial charge in [0.05, 0.1) is 13.7 Å².